The van der Waals surface area contributed by atoms with E-state index in [9.17, 15) is 9.46 Å². The van der Waals surface area contributed by atoms with Crippen LogP contribution in [0.3, 0.4) is 0 Å². The molecule has 0 bridgehead atoms. The zero-order valence-electron chi connectivity index (χ0n) is 7.71. The molecule has 1 aromatic rings. The Morgan fingerprint density at radius 2 is 2.00 bits per heavy atom. The zero-order valence-corrected chi connectivity index (χ0v) is 8.61. The third-order valence-corrected chi connectivity index (χ3v) is 2.08. The molecule has 14 heavy (non-hydrogen) atoms. The maximum Gasteiger partial charge on any atom is 1.00 e. The molecule has 4 nitrogen and oxygen atoms in total. The Balaban J connectivity index is 0.00000169. The van der Waals surface area contributed by atoms with Gasteiger partial charge in [0.25, 0.3) is 0 Å². The minimum absolute atomic E-state index is 0. The van der Waals surface area contributed by atoms with E-state index in [1.54, 1.807) is 24.3 Å². The first-order chi connectivity index (χ1) is 6.14. The molecule has 0 heterocycles. The van der Waals surface area contributed by atoms with Gasteiger partial charge in [-0.15, -0.1) is 0 Å². The maximum absolute atomic E-state index is 10.6. The summed E-state index contributed by atoms with van der Waals surface area (Å²) in [4.78, 5) is 10.6. The van der Waals surface area contributed by atoms with E-state index in [1.807, 2.05) is 6.07 Å². The van der Waals surface area contributed by atoms with E-state index in [1.165, 1.54) is 0 Å². The molecule has 0 fully saturated rings. The van der Waals surface area contributed by atoms with Crippen molar-refractivity contribution in [1.29, 1.82) is 5.26 Å². The second kappa shape index (κ2) is 6.04. The molecule has 0 aromatic heterocycles. The molecular formula is C8H7LiNO3P. The second-order valence-electron chi connectivity index (χ2n) is 2.36. The summed E-state index contributed by atoms with van der Waals surface area (Å²) < 4.78 is 15.0. The molecule has 1 atom stereocenters. The number of rotatable bonds is 3. The third-order valence-electron chi connectivity index (χ3n) is 1.37. The van der Waals surface area contributed by atoms with Gasteiger partial charge in [0.1, 0.15) is 5.81 Å². The summed E-state index contributed by atoms with van der Waals surface area (Å²) in [5.74, 6) is 1.09. The number of nitrogens with zero attached hydrogens (tertiary/aromatic N) is 1. The number of nitriles is 1. The molecule has 1 rings (SSSR count). The normalized spacial score (nSPS) is 13.4. The Morgan fingerprint density at radius 3 is 2.50 bits per heavy atom. The molecule has 0 spiro atoms. The van der Waals surface area contributed by atoms with Crippen molar-refractivity contribution in [2.45, 2.75) is 6.61 Å². The van der Waals surface area contributed by atoms with Crippen LogP contribution in [0.5, 0.6) is 0 Å². The summed E-state index contributed by atoms with van der Waals surface area (Å²) >= 11 is 0. The van der Waals surface area contributed by atoms with Gasteiger partial charge in [0.15, 0.2) is 0 Å². The quantitative estimate of drug-likeness (QED) is 0.431. The van der Waals surface area contributed by atoms with Crippen molar-refractivity contribution in [2.24, 2.45) is 0 Å². The van der Waals surface area contributed by atoms with Gasteiger partial charge in [-0.2, -0.15) is 5.26 Å². The van der Waals surface area contributed by atoms with Crippen LogP contribution >= 0.6 is 7.60 Å². The molecule has 0 aliphatic rings. The van der Waals surface area contributed by atoms with E-state index in [4.69, 9.17) is 5.26 Å². The van der Waals surface area contributed by atoms with E-state index >= 15 is 0 Å². The van der Waals surface area contributed by atoms with Gasteiger partial charge in [-0.1, -0.05) is 30.3 Å². The summed E-state index contributed by atoms with van der Waals surface area (Å²) in [5.41, 5.74) is 0.717. The van der Waals surface area contributed by atoms with Gasteiger partial charge in [-0.25, -0.2) is 0 Å². The first kappa shape index (κ1) is 13.5. The Morgan fingerprint density at radius 1 is 1.43 bits per heavy atom. The van der Waals surface area contributed by atoms with Gasteiger partial charge in [-0.05, 0) is 5.56 Å². The fraction of sp³-hybridized carbons (Fsp3) is 0.125. The van der Waals surface area contributed by atoms with Crippen LogP contribution in [0.1, 0.15) is 5.56 Å². The molecule has 0 radical (unpaired) electrons. The Hall–Kier alpha value is -0.543. The molecule has 0 aliphatic carbocycles. The molecule has 0 N–H and O–H groups in total. The number of hydrogen-bond donors (Lipinski definition) is 0. The maximum atomic E-state index is 10.6. The van der Waals surface area contributed by atoms with Crippen LogP contribution in [-0.4, -0.2) is 0 Å². The van der Waals surface area contributed by atoms with Gasteiger partial charge in [0.2, 0.25) is 7.60 Å². The Kier molecular flexibility index (Phi) is 5.80. The first-order valence-electron chi connectivity index (χ1n) is 3.55. The van der Waals surface area contributed by atoms with E-state index in [2.05, 4.69) is 4.52 Å². The van der Waals surface area contributed by atoms with E-state index < -0.39 is 7.60 Å². The van der Waals surface area contributed by atoms with Crippen LogP contribution in [0, 0.1) is 11.1 Å². The number of hydrogen-bond acceptors (Lipinski definition) is 4. The van der Waals surface area contributed by atoms with Crippen LogP contribution in [-0.2, 0) is 15.7 Å². The molecule has 1 aromatic carbocycles. The Labute approximate surface area is 94.2 Å². The average molecular weight is 203 g/mol. The molecule has 6 heteroatoms. The third kappa shape index (κ3) is 4.63. The van der Waals surface area contributed by atoms with Crippen molar-refractivity contribution in [3.05, 3.63) is 35.9 Å². The van der Waals surface area contributed by atoms with Crippen molar-refractivity contribution in [1.82, 2.24) is 0 Å². The topological polar surface area (TPSA) is 73.2 Å². The van der Waals surface area contributed by atoms with Gasteiger partial charge < -0.3 is 9.42 Å². The van der Waals surface area contributed by atoms with Crippen molar-refractivity contribution in [2.75, 3.05) is 0 Å². The standard InChI is InChI=1S/C8H8NO3P.Li/c9-7-13(10,11)12-6-8-4-2-1-3-5-8;/h1-5H,6H2,(H,10,11);/q;+1/p-1. The molecule has 0 aliphatic heterocycles. The van der Waals surface area contributed by atoms with Crippen LogP contribution in [0.15, 0.2) is 30.3 Å². The van der Waals surface area contributed by atoms with Crippen LogP contribution < -0.4 is 23.8 Å². The largest absolute Gasteiger partial charge is 1.00 e. The van der Waals surface area contributed by atoms with Crippen molar-refractivity contribution < 1.29 is 32.8 Å². The van der Waals surface area contributed by atoms with Crippen LogP contribution in [0.4, 0.5) is 0 Å². The average Bonchev–Trinajstić information content (AvgIpc) is 2.17. The first-order valence-corrected chi connectivity index (χ1v) is 5.09. The minimum Gasteiger partial charge on any atom is -0.767 e. The Bertz CT molecular complexity index is 363. The predicted molar refractivity (Wildman–Crippen MR) is 44.5 cm³/mol. The number of benzene rings is 1. The summed E-state index contributed by atoms with van der Waals surface area (Å²) in [7, 11) is -4.28. The van der Waals surface area contributed by atoms with Gasteiger partial charge >= 0.3 is 18.9 Å². The van der Waals surface area contributed by atoms with Gasteiger partial charge in [0.05, 0.1) is 6.61 Å². The summed E-state index contributed by atoms with van der Waals surface area (Å²) in [6.07, 6.45) is 0. The molecular weight excluding hydrogens is 196 g/mol. The zero-order chi connectivity index (χ0) is 9.73. The van der Waals surface area contributed by atoms with Crippen LogP contribution in [0.25, 0.3) is 0 Å². The summed E-state index contributed by atoms with van der Waals surface area (Å²) in [5, 5.41) is 8.12. The van der Waals surface area contributed by atoms with E-state index in [-0.39, 0.29) is 25.5 Å². The van der Waals surface area contributed by atoms with Gasteiger partial charge in [-0.3, -0.25) is 4.57 Å². The predicted octanol–water partition coefficient (Wildman–Crippen LogP) is -1.76. The van der Waals surface area contributed by atoms with Crippen molar-refractivity contribution in [3.8, 4) is 5.81 Å². The molecule has 0 amide bonds. The fourth-order valence-electron chi connectivity index (χ4n) is 0.763. The second-order valence-corrected chi connectivity index (χ2v) is 3.81. The van der Waals surface area contributed by atoms with Crippen LogP contribution in [0.2, 0.25) is 0 Å². The van der Waals surface area contributed by atoms with E-state index in [0.717, 1.165) is 5.81 Å². The fourth-order valence-corrected chi connectivity index (χ4v) is 1.14. The molecule has 68 valence electrons. The van der Waals surface area contributed by atoms with E-state index in [0.29, 0.717) is 5.56 Å². The summed E-state index contributed by atoms with van der Waals surface area (Å²) in [6.45, 7) is -0.0881. The summed E-state index contributed by atoms with van der Waals surface area (Å²) in [6, 6.07) is 8.78. The minimum atomic E-state index is -4.28. The monoisotopic (exact) mass is 203 g/mol. The molecule has 0 saturated carbocycles. The van der Waals surface area contributed by atoms with Crippen molar-refractivity contribution >= 4 is 7.60 Å². The molecule has 0 saturated heterocycles. The smallest absolute Gasteiger partial charge is 0.767 e. The molecule has 1 unspecified atom stereocenters. The SMILES string of the molecule is N#CP(=O)([O-])OCc1ccccc1.[Li+]. The van der Waals surface area contributed by atoms with Crippen molar-refractivity contribution in [3.63, 3.8) is 0 Å². The van der Waals surface area contributed by atoms with Gasteiger partial charge in [0, 0.05) is 0 Å².